The fraction of sp³-hybridized carbons (Fsp3) is 0.500. The van der Waals surface area contributed by atoms with Crippen LogP contribution in [0.1, 0.15) is 38.6 Å². The Morgan fingerprint density at radius 1 is 1.44 bits per heavy atom. The standard InChI is InChI=1S/C14H18BrClN2/c1-3-4-10(2)18-13-9-11(15)5-6-12(13)17-14(18)7-8-16/h5-6,9-10H,3-4,7-8H2,1-2H3. The lowest BCUT2D eigenvalue weighted by Gasteiger charge is -2.16. The van der Waals surface area contributed by atoms with Crippen LogP contribution in [-0.2, 0) is 6.42 Å². The number of aromatic nitrogens is 2. The van der Waals surface area contributed by atoms with Crippen molar-refractivity contribution in [3.63, 3.8) is 0 Å². The molecule has 2 aromatic rings. The van der Waals surface area contributed by atoms with Gasteiger partial charge in [-0.15, -0.1) is 11.6 Å². The quantitative estimate of drug-likeness (QED) is 0.710. The average molecular weight is 330 g/mol. The average Bonchev–Trinajstić information content (AvgIpc) is 2.67. The van der Waals surface area contributed by atoms with E-state index in [1.54, 1.807) is 0 Å². The topological polar surface area (TPSA) is 17.8 Å². The van der Waals surface area contributed by atoms with E-state index in [2.05, 4.69) is 46.5 Å². The van der Waals surface area contributed by atoms with Crippen LogP contribution in [0.2, 0.25) is 0 Å². The Hall–Kier alpha value is -0.540. The normalized spacial score (nSPS) is 13.1. The first-order valence-electron chi connectivity index (χ1n) is 6.39. The first-order valence-corrected chi connectivity index (χ1v) is 7.72. The molecule has 1 aromatic carbocycles. The number of aryl methyl sites for hydroxylation is 1. The zero-order chi connectivity index (χ0) is 13.1. The van der Waals surface area contributed by atoms with E-state index in [1.807, 2.05) is 6.07 Å². The lowest BCUT2D eigenvalue weighted by atomic mass is 10.2. The molecule has 1 aromatic heterocycles. The molecule has 0 radical (unpaired) electrons. The third kappa shape index (κ3) is 2.72. The second-order valence-corrected chi connectivity index (χ2v) is 5.90. The molecule has 4 heteroatoms. The van der Waals surface area contributed by atoms with Crippen LogP contribution in [0.25, 0.3) is 11.0 Å². The minimum Gasteiger partial charge on any atom is -0.325 e. The highest BCUT2D eigenvalue weighted by atomic mass is 79.9. The van der Waals surface area contributed by atoms with E-state index in [0.29, 0.717) is 11.9 Å². The Balaban J connectivity index is 2.56. The molecule has 0 bridgehead atoms. The minimum atomic E-state index is 0.465. The Morgan fingerprint density at radius 3 is 2.89 bits per heavy atom. The summed E-state index contributed by atoms with van der Waals surface area (Å²) in [6.45, 7) is 4.47. The van der Waals surface area contributed by atoms with Crippen LogP contribution >= 0.6 is 27.5 Å². The molecule has 0 amide bonds. The molecule has 0 aliphatic carbocycles. The molecule has 98 valence electrons. The minimum absolute atomic E-state index is 0.465. The van der Waals surface area contributed by atoms with Crippen LogP contribution in [0, 0.1) is 0 Å². The summed E-state index contributed by atoms with van der Waals surface area (Å²) in [5, 5.41) is 0. The summed E-state index contributed by atoms with van der Waals surface area (Å²) in [5.74, 6) is 1.71. The Morgan fingerprint density at radius 2 is 2.22 bits per heavy atom. The van der Waals surface area contributed by atoms with Gasteiger partial charge in [0.15, 0.2) is 0 Å². The number of benzene rings is 1. The van der Waals surface area contributed by atoms with Gasteiger partial charge in [0.25, 0.3) is 0 Å². The van der Waals surface area contributed by atoms with E-state index in [0.717, 1.165) is 28.7 Å². The van der Waals surface area contributed by atoms with Gasteiger partial charge in [0, 0.05) is 22.8 Å². The lowest BCUT2D eigenvalue weighted by molar-refractivity contribution is 0.496. The van der Waals surface area contributed by atoms with Crippen LogP contribution < -0.4 is 0 Å². The summed E-state index contributed by atoms with van der Waals surface area (Å²) in [5.41, 5.74) is 2.26. The summed E-state index contributed by atoms with van der Waals surface area (Å²) >= 11 is 9.42. The maximum absolute atomic E-state index is 5.89. The molecule has 1 unspecified atom stereocenters. The van der Waals surface area contributed by atoms with Gasteiger partial charge in [0.1, 0.15) is 5.82 Å². The largest absolute Gasteiger partial charge is 0.325 e. The molecule has 18 heavy (non-hydrogen) atoms. The summed E-state index contributed by atoms with van der Waals surface area (Å²) in [7, 11) is 0. The van der Waals surface area contributed by atoms with Crippen LogP contribution in [-0.4, -0.2) is 15.4 Å². The highest BCUT2D eigenvalue weighted by molar-refractivity contribution is 9.10. The molecule has 1 heterocycles. The maximum Gasteiger partial charge on any atom is 0.111 e. The number of halogens is 2. The molecule has 0 aliphatic heterocycles. The first kappa shape index (κ1) is 13.9. The van der Waals surface area contributed by atoms with Gasteiger partial charge in [-0.3, -0.25) is 0 Å². The maximum atomic E-state index is 5.89. The van der Waals surface area contributed by atoms with Gasteiger partial charge in [-0.05, 0) is 31.5 Å². The summed E-state index contributed by atoms with van der Waals surface area (Å²) < 4.78 is 3.43. The van der Waals surface area contributed by atoms with Crippen LogP contribution in [0.4, 0.5) is 0 Å². The lowest BCUT2D eigenvalue weighted by Crippen LogP contribution is -2.09. The van der Waals surface area contributed by atoms with E-state index in [-0.39, 0.29) is 0 Å². The van der Waals surface area contributed by atoms with Gasteiger partial charge in [-0.25, -0.2) is 4.98 Å². The number of rotatable bonds is 5. The van der Waals surface area contributed by atoms with E-state index in [4.69, 9.17) is 16.6 Å². The fourth-order valence-electron chi connectivity index (χ4n) is 2.42. The number of imidazole rings is 1. The monoisotopic (exact) mass is 328 g/mol. The second kappa shape index (κ2) is 6.07. The van der Waals surface area contributed by atoms with Gasteiger partial charge in [0.2, 0.25) is 0 Å². The van der Waals surface area contributed by atoms with Crippen LogP contribution in [0.5, 0.6) is 0 Å². The number of alkyl halides is 1. The molecule has 0 saturated carbocycles. The van der Waals surface area contributed by atoms with Gasteiger partial charge in [-0.2, -0.15) is 0 Å². The predicted octanol–water partition coefficient (Wildman–Crippen LogP) is 4.94. The number of nitrogens with zero attached hydrogens (tertiary/aromatic N) is 2. The van der Waals surface area contributed by atoms with E-state index < -0.39 is 0 Å². The van der Waals surface area contributed by atoms with Crippen molar-refractivity contribution >= 4 is 38.6 Å². The van der Waals surface area contributed by atoms with Gasteiger partial charge in [-0.1, -0.05) is 29.3 Å². The summed E-state index contributed by atoms with van der Waals surface area (Å²) in [4.78, 5) is 4.70. The molecule has 2 rings (SSSR count). The van der Waals surface area contributed by atoms with Crippen molar-refractivity contribution < 1.29 is 0 Å². The van der Waals surface area contributed by atoms with Crippen molar-refractivity contribution in [3.8, 4) is 0 Å². The van der Waals surface area contributed by atoms with Crippen molar-refractivity contribution in [1.82, 2.24) is 9.55 Å². The van der Waals surface area contributed by atoms with Crippen LogP contribution in [0.15, 0.2) is 22.7 Å². The number of hydrogen-bond donors (Lipinski definition) is 0. The van der Waals surface area contributed by atoms with Crippen molar-refractivity contribution in [2.45, 2.75) is 39.2 Å². The molecule has 0 saturated heterocycles. The SMILES string of the molecule is CCCC(C)n1c(CCCl)nc2ccc(Br)cc21. The fourth-order valence-corrected chi connectivity index (χ4v) is 2.93. The van der Waals surface area contributed by atoms with Gasteiger partial charge < -0.3 is 4.57 Å². The number of hydrogen-bond acceptors (Lipinski definition) is 1. The molecule has 0 spiro atoms. The van der Waals surface area contributed by atoms with Crippen molar-refractivity contribution in [3.05, 3.63) is 28.5 Å². The molecule has 2 nitrogen and oxygen atoms in total. The predicted molar refractivity (Wildman–Crippen MR) is 81.5 cm³/mol. The van der Waals surface area contributed by atoms with Crippen molar-refractivity contribution in [2.24, 2.45) is 0 Å². The third-order valence-electron chi connectivity index (χ3n) is 3.19. The number of fused-ring (bicyclic) bond motifs is 1. The molecule has 0 aliphatic rings. The van der Waals surface area contributed by atoms with Gasteiger partial charge >= 0.3 is 0 Å². The zero-order valence-electron chi connectivity index (χ0n) is 10.8. The molecule has 1 atom stereocenters. The molecule has 0 N–H and O–H groups in total. The van der Waals surface area contributed by atoms with E-state index in [9.17, 15) is 0 Å². The van der Waals surface area contributed by atoms with E-state index in [1.165, 1.54) is 11.9 Å². The molecular formula is C14H18BrClN2. The smallest absolute Gasteiger partial charge is 0.111 e. The van der Waals surface area contributed by atoms with E-state index >= 15 is 0 Å². The Kier molecular flexibility index (Phi) is 4.68. The Labute approximate surface area is 121 Å². The van der Waals surface area contributed by atoms with Crippen LogP contribution in [0.3, 0.4) is 0 Å². The Bertz CT molecular complexity index is 536. The van der Waals surface area contributed by atoms with Crippen molar-refractivity contribution in [1.29, 1.82) is 0 Å². The third-order valence-corrected chi connectivity index (χ3v) is 3.87. The van der Waals surface area contributed by atoms with Gasteiger partial charge in [0.05, 0.1) is 11.0 Å². The zero-order valence-corrected chi connectivity index (χ0v) is 13.1. The molecular weight excluding hydrogens is 312 g/mol. The molecule has 0 fully saturated rings. The highest BCUT2D eigenvalue weighted by Gasteiger charge is 2.15. The second-order valence-electron chi connectivity index (χ2n) is 4.61. The summed E-state index contributed by atoms with van der Waals surface area (Å²) in [6, 6.07) is 6.71. The summed E-state index contributed by atoms with van der Waals surface area (Å²) in [6.07, 6.45) is 3.16. The van der Waals surface area contributed by atoms with Crippen molar-refractivity contribution in [2.75, 3.05) is 5.88 Å². The highest BCUT2D eigenvalue weighted by Crippen LogP contribution is 2.26. The first-order chi connectivity index (χ1) is 8.67.